The lowest BCUT2D eigenvalue weighted by molar-refractivity contribution is 0.281. The monoisotopic (exact) mass is 270 g/mol. The molecular formula is C12H18N2O3S. The molecule has 0 amide bonds. The topological polar surface area (TPSA) is 70.5 Å². The second-order valence-electron chi connectivity index (χ2n) is 4.48. The standard InChI is InChI=1S/C12H18N2O3S/c1-2-11-4-3-7-14(11)18(16,17)12-6-5-10(9-15)8-13-12/h5-6,8,11,15H,2-4,7,9H2,1H3. The Morgan fingerprint density at radius 2 is 2.28 bits per heavy atom. The van der Waals surface area contributed by atoms with E-state index in [1.807, 2.05) is 6.92 Å². The average Bonchev–Trinajstić information content (AvgIpc) is 2.88. The molecule has 18 heavy (non-hydrogen) atoms. The molecule has 1 unspecified atom stereocenters. The Labute approximate surface area is 108 Å². The van der Waals surface area contributed by atoms with Crippen molar-refractivity contribution in [3.05, 3.63) is 23.9 Å². The van der Waals surface area contributed by atoms with Crippen LogP contribution in [-0.4, -0.2) is 35.4 Å². The van der Waals surface area contributed by atoms with Crippen molar-refractivity contribution in [1.82, 2.24) is 9.29 Å². The molecule has 0 spiro atoms. The van der Waals surface area contributed by atoms with E-state index in [1.165, 1.54) is 12.3 Å². The Bertz CT molecular complexity index is 499. The van der Waals surface area contributed by atoms with Gasteiger partial charge < -0.3 is 5.11 Å². The van der Waals surface area contributed by atoms with E-state index in [0.29, 0.717) is 12.1 Å². The molecule has 100 valence electrons. The summed E-state index contributed by atoms with van der Waals surface area (Å²) in [7, 11) is -3.48. The van der Waals surface area contributed by atoms with Crippen molar-refractivity contribution in [3.8, 4) is 0 Å². The summed E-state index contributed by atoms with van der Waals surface area (Å²) in [5, 5.41) is 8.99. The molecule has 1 N–H and O–H groups in total. The van der Waals surface area contributed by atoms with Gasteiger partial charge in [-0.1, -0.05) is 13.0 Å². The molecule has 1 aliphatic heterocycles. The predicted molar refractivity (Wildman–Crippen MR) is 67.4 cm³/mol. The highest BCUT2D eigenvalue weighted by Gasteiger charge is 2.34. The molecule has 1 fully saturated rings. The van der Waals surface area contributed by atoms with Crippen molar-refractivity contribution in [2.75, 3.05) is 6.54 Å². The summed E-state index contributed by atoms with van der Waals surface area (Å²) in [6.07, 6.45) is 4.06. The van der Waals surface area contributed by atoms with Crippen molar-refractivity contribution in [2.45, 2.75) is 43.9 Å². The lowest BCUT2D eigenvalue weighted by Crippen LogP contribution is -2.35. The zero-order valence-corrected chi connectivity index (χ0v) is 11.2. The number of aliphatic hydroxyl groups is 1. The van der Waals surface area contributed by atoms with E-state index in [-0.39, 0.29) is 17.7 Å². The van der Waals surface area contributed by atoms with Gasteiger partial charge in [0.1, 0.15) is 0 Å². The van der Waals surface area contributed by atoms with Crippen molar-refractivity contribution in [1.29, 1.82) is 0 Å². The predicted octanol–water partition coefficient (Wildman–Crippen LogP) is 1.14. The number of rotatable bonds is 4. The van der Waals surface area contributed by atoms with Gasteiger partial charge >= 0.3 is 0 Å². The fraction of sp³-hybridized carbons (Fsp3) is 0.583. The molecule has 1 saturated heterocycles. The summed E-state index contributed by atoms with van der Waals surface area (Å²) in [5.41, 5.74) is 0.613. The second kappa shape index (κ2) is 5.34. The lowest BCUT2D eigenvalue weighted by Gasteiger charge is -2.22. The van der Waals surface area contributed by atoms with Gasteiger partial charge in [0, 0.05) is 18.8 Å². The Balaban J connectivity index is 2.29. The zero-order valence-electron chi connectivity index (χ0n) is 10.4. The molecule has 1 aliphatic rings. The summed E-state index contributed by atoms with van der Waals surface area (Å²) in [4.78, 5) is 3.94. The number of sulfonamides is 1. The van der Waals surface area contributed by atoms with Gasteiger partial charge in [-0.15, -0.1) is 0 Å². The fourth-order valence-electron chi connectivity index (χ4n) is 2.31. The van der Waals surface area contributed by atoms with E-state index in [1.54, 1.807) is 10.4 Å². The highest BCUT2D eigenvalue weighted by molar-refractivity contribution is 7.89. The van der Waals surface area contributed by atoms with Gasteiger partial charge in [-0.25, -0.2) is 13.4 Å². The van der Waals surface area contributed by atoms with E-state index < -0.39 is 10.0 Å². The molecule has 1 atom stereocenters. The number of hydrogen-bond acceptors (Lipinski definition) is 4. The molecule has 1 aromatic rings. The molecule has 0 bridgehead atoms. The molecule has 0 saturated carbocycles. The molecule has 0 radical (unpaired) electrons. The first kappa shape index (κ1) is 13.5. The third-order valence-corrected chi connectivity index (χ3v) is 5.22. The van der Waals surface area contributed by atoms with Crippen molar-refractivity contribution in [3.63, 3.8) is 0 Å². The largest absolute Gasteiger partial charge is 0.392 e. The Morgan fingerprint density at radius 3 is 2.83 bits per heavy atom. The quantitative estimate of drug-likeness (QED) is 0.890. The summed E-state index contributed by atoms with van der Waals surface area (Å²) < 4.78 is 26.4. The van der Waals surface area contributed by atoms with Gasteiger partial charge in [-0.05, 0) is 30.9 Å². The van der Waals surface area contributed by atoms with Crippen molar-refractivity contribution < 1.29 is 13.5 Å². The van der Waals surface area contributed by atoms with Crippen LogP contribution in [0.25, 0.3) is 0 Å². The summed E-state index contributed by atoms with van der Waals surface area (Å²) >= 11 is 0. The van der Waals surface area contributed by atoms with Crippen molar-refractivity contribution in [2.24, 2.45) is 0 Å². The van der Waals surface area contributed by atoms with Crippen LogP contribution in [0.4, 0.5) is 0 Å². The van der Waals surface area contributed by atoms with Crippen LogP contribution >= 0.6 is 0 Å². The van der Waals surface area contributed by atoms with Crippen LogP contribution in [0.1, 0.15) is 31.7 Å². The highest BCUT2D eigenvalue weighted by Crippen LogP contribution is 2.26. The molecule has 2 heterocycles. The molecule has 5 nitrogen and oxygen atoms in total. The first-order valence-electron chi connectivity index (χ1n) is 6.17. The van der Waals surface area contributed by atoms with Crippen LogP contribution in [0, 0.1) is 0 Å². The summed E-state index contributed by atoms with van der Waals surface area (Å²) in [6.45, 7) is 2.44. The minimum absolute atomic E-state index is 0.0695. The number of nitrogens with zero attached hydrogens (tertiary/aromatic N) is 2. The van der Waals surface area contributed by atoms with Crippen LogP contribution in [0.2, 0.25) is 0 Å². The van der Waals surface area contributed by atoms with Gasteiger partial charge in [-0.3, -0.25) is 0 Å². The molecular weight excluding hydrogens is 252 g/mol. The fourth-order valence-corrected chi connectivity index (χ4v) is 3.99. The zero-order chi connectivity index (χ0) is 13.2. The highest BCUT2D eigenvalue weighted by atomic mass is 32.2. The van der Waals surface area contributed by atoms with Gasteiger partial charge in [0.25, 0.3) is 10.0 Å². The van der Waals surface area contributed by atoms with Gasteiger partial charge in [0.2, 0.25) is 0 Å². The Hall–Kier alpha value is -0.980. The normalized spacial score (nSPS) is 21.3. The molecule has 0 aliphatic carbocycles. The maximum Gasteiger partial charge on any atom is 0.260 e. The summed E-state index contributed by atoms with van der Waals surface area (Å²) in [6, 6.07) is 3.15. The van der Waals surface area contributed by atoms with E-state index in [4.69, 9.17) is 5.11 Å². The molecule has 1 aromatic heterocycles. The smallest absolute Gasteiger partial charge is 0.260 e. The van der Waals surface area contributed by atoms with Crippen LogP contribution in [0.3, 0.4) is 0 Å². The van der Waals surface area contributed by atoms with Crippen LogP contribution < -0.4 is 0 Å². The van der Waals surface area contributed by atoms with E-state index in [0.717, 1.165) is 19.3 Å². The maximum atomic E-state index is 12.4. The van der Waals surface area contributed by atoms with E-state index in [2.05, 4.69) is 4.98 Å². The van der Waals surface area contributed by atoms with Crippen LogP contribution in [0.15, 0.2) is 23.4 Å². The van der Waals surface area contributed by atoms with Crippen molar-refractivity contribution >= 4 is 10.0 Å². The van der Waals surface area contributed by atoms with Crippen LogP contribution in [-0.2, 0) is 16.6 Å². The Kier molecular flexibility index (Phi) is 3.99. The Morgan fingerprint density at radius 1 is 1.50 bits per heavy atom. The van der Waals surface area contributed by atoms with E-state index >= 15 is 0 Å². The first-order valence-corrected chi connectivity index (χ1v) is 7.61. The molecule has 6 heteroatoms. The first-order chi connectivity index (χ1) is 8.59. The molecule has 2 rings (SSSR count). The minimum atomic E-state index is -3.48. The van der Waals surface area contributed by atoms with E-state index in [9.17, 15) is 8.42 Å². The second-order valence-corrected chi connectivity index (χ2v) is 6.32. The molecule has 0 aromatic carbocycles. The third kappa shape index (κ3) is 2.41. The van der Waals surface area contributed by atoms with Gasteiger partial charge in [0.05, 0.1) is 6.61 Å². The van der Waals surface area contributed by atoms with Gasteiger partial charge in [0.15, 0.2) is 5.03 Å². The maximum absolute atomic E-state index is 12.4. The third-order valence-electron chi connectivity index (χ3n) is 3.35. The SMILES string of the molecule is CCC1CCCN1S(=O)(=O)c1ccc(CO)cn1. The number of pyridine rings is 1. The lowest BCUT2D eigenvalue weighted by atomic mass is 10.2. The number of hydrogen-bond donors (Lipinski definition) is 1. The number of aliphatic hydroxyl groups excluding tert-OH is 1. The average molecular weight is 270 g/mol. The minimum Gasteiger partial charge on any atom is -0.392 e. The van der Waals surface area contributed by atoms with Crippen LogP contribution in [0.5, 0.6) is 0 Å². The number of aromatic nitrogens is 1. The summed E-state index contributed by atoms with van der Waals surface area (Å²) in [5.74, 6) is 0. The van der Waals surface area contributed by atoms with Gasteiger partial charge in [-0.2, -0.15) is 4.31 Å².